The predicted molar refractivity (Wildman–Crippen MR) is 81.8 cm³/mol. The van der Waals surface area contributed by atoms with Gasteiger partial charge < -0.3 is 16.0 Å². The van der Waals surface area contributed by atoms with Crippen LogP contribution in [0, 0.1) is 11.3 Å². The summed E-state index contributed by atoms with van der Waals surface area (Å²) in [6.07, 6.45) is 1.63. The van der Waals surface area contributed by atoms with E-state index in [0.29, 0.717) is 22.5 Å². The van der Waals surface area contributed by atoms with E-state index in [1.54, 1.807) is 48.7 Å². The maximum Gasteiger partial charge on any atom is 0.257 e. The number of aromatic amines is 1. The van der Waals surface area contributed by atoms with Crippen molar-refractivity contribution in [2.45, 2.75) is 0 Å². The van der Waals surface area contributed by atoms with Crippen LogP contribution in [0.1, 0.15) is 15.9 Å². The number of nitrogens with one attached hydrogen (secondary N) is 2. The Morgan fingerprint density at radius 1 is 1.24 bits per heavy atom. The van der Waals surface area contributed by atoms with Crippen molar-refractivity contribution in [1.29, 1.82) is 5.26 Å². The van der Waals surface area contributed by atoms with Crippen molar-refractivity contribution in [3.63, 3.8) is 0 Å². The number of nitrogens with zero attached hydrogens (tertiary/aromatic N) is 1. The second-order valence-electron chi connectivity index (χ2n) is 4.62. The number of nitriles is 1. The van der Waals surface area contributed by atoms with Gasteiger partial charge >= 0.3 is 0 Å². The molecule has 1 aromatic heterocycles. The fourth-order valence-corrected chi connectivity index (χ4v) is 2.21. The van der Waals surface area contributed by atoms with Crippen LogP contribution in [0.15, 0.2) is 48.7 Å². The first-order chi connectivity index (χ1) is 10.2. The molecule has 1 amide bonds. The summed E-state index contributed by atoms with van der Waals surface area (Å²) in [5.41, 5.74) is 8.58. The molecule has 3 aromatic rings. The first kappa shape index (κ1) is 12.8. The van der Waals surface area contributed by atoms with Crippen molar-refractivity contribution in [3.8, 4) is 6.07 Å². The highest BCUT2D eigenvalue weighted by molar-refractivity contribution is 6.13. The van der Waals surface area contributed by atoms with Gasteiger partial charge in [-0.15, -0.1) is 0 Å². The highest BCUT2D eigenvalue weighted by Crippen LogP contribution is 2.22. The maximum absolute atomic E-state index is 12.4. The average Bonchev–Trinajstić information content (AvgIpc) is 2.90. The molecule has 0 unspecified atom stereocenters. The third kappa shape index (κ3) is 2.30. The molecular formula is C16H12N4O. The van der Waals surface area contributed by atoms with Gasteiger partial charge in [-0.2, -0.15) is 5.26 Å². The normalized spacial score (nSPS) is 10.2. The highest BCUT2D eigenvalue weighted by atomic mass is 16.1. The molecule has 102 valence electrons. The van der Waals surface area contributed by atoms with Gasteiger partial charge in [-0.1, -0.05) is 12.1 Å². The lowest BCUT2D eigenvalue weighted by atomic mass is 10.1. The third-order valence-electron chi connectivity index (χ3n) is 3.25. The monoisotopic (exact) mass is 276 g/mol. The number of aromatic nitrogens is 1. The number of carbonyl (C=O) groups excluding carboxylic acids is 1. The highest BCUT2D eigenvalue weighted by Gasteiger charge is 2.13. The van der Waals surface area contributed by atoms with E-state index in [1.807, 2.05) is 0 Å². The van der Waals surface area contributed by atoms with Crippen LogP contribution in [0.3, 0.4) is 0 Å². The molecule has 0 saturated carbocycles. The Balaban J connectivity index is 1.96. The molecule has 0 radical (unpaired) electrons. The van der Waals surface area contributed by atoms with Crippen LogP contribution in [-0.4, -0.2) is 10.9 Å². The molecule has 2 aromatic carbocycles. The fourth-order valence-electron chi connectivity index (χ4n) is 2.21. The summed E-state index contributed by atoms with van der Waals surface area (Å²) in [6, 6.07) is 14.2. The molecule has 0 fully saturated rings. The van der Waals surface area contributed by atoms with E-state index < -0.39 is 0 Å². The summed E-state index contributed by atoms with van der Waals surface area (Å²) in [6.45, 7) is 0. The van der Waals surface area contributed by atoms with E-state index in [2.05, 4.69) is 16.4 Å². The lowest BCUT2D eigenvalue weighted by Gasteiger charge is -2.06. The zero-order valence-corrected chi connectivity index (χ0v) is 11.1. The Morgan fingerprint density at radius 3 is 2.86 bits per heavy atom. The Bertz CT molecular complexity index is 873. The molecule has 21 heavy (non-hydrogen) atoms. The van der Waals surface area contributed by atoms with E-state index in [9.17, 15) is 4.79 Å². The molecule has 0 aliphatic heterocycles. The van der Waals surface area contributed by atoms with Crippen LogP contribution in [0.25, 0.3) is 10.9 Å². The number of carbonyl (C=O) groups is 1. The third-order valence-corrected chi connectivity index (χ3v) is 3.25. The number of hydrogen-bond donors (Lipinski definition) is 3. The minimum Gasteiger partial charge on any atom is -0.399 e. The number of hydrogen-bond acceptors (Lipinski definition) is 3. The number of para-hydroxylation sites is 1. The minimum absolute atomic E-state index is 0.270. The van der Waals surface area contributed by atoms with E-state index in [4.69, 9.17) is 11.0 Å². The molecular weight excluding hydrogens is 264 g/mol. The average molecular weight is 276 g/mol. The second kappa shape index (κ2) is 5.02. The molecule has 0 bridgehead atoms. The zero-order valence-electron chi connectivity index (χ0n) is 11.1. The molecule has 0 atom stereocenters. The molecule has 1 heterocycles. The Labute approximate surface area is 121 Å². The zero-order chi connectivity index (χ0) is 14.8. The molecule has 0 aliphatic rings. The second-order valence-corrected chi connectivity index (χ2v) is 4.62. The van der Waals surface area contributed by atoms with Gasteiger partial charge in [0.2, 0.25) is 0 Å². The van der Waals surface area contributed by atoms with Crippen LogP contribution in [-0.2, 0) is 0 Å². The molecule has 0 aliphatic carbocycles. The van der Waals surface area contributed by atoms with Gasteiger partial charge in [0.25, 0.3) is 5.91 Å². The molecule has 3 rings (SSSR count). The molecule has 4 N–H and O–H groups in total. The fraction of sp³-hybridized carbons (Fsp3) is 0. The van der Waals surface area contributed by atoms with Crippen LogP contribution in [0.5, 0.6) is 0 Å². The Morgan fingerprint density at radius 2 is 2.05 bits per heavy atom. The Hall–Kier alpha value is -3.26. The number of rotatable bonds is 2. The lowest BCUT2D eigenvalue weighted by Crippen LogP contribution is -2.12. The summed E-state index contributed by atoms with van der Waals surface area (Å²) < 4.78 is 0. The number of H-pyrrole nitrogens is 1. The van der Waals surface area contributed by atoms with Gasteiger partial charge in [-0.05, 0) is 30.3 Å². The number of nitrogen functional groups attached to an aromatic ring is 1. The molecule has 5 heteroatoms. The standard InChI is InChI=1S/C16H12N4O/c17-8-10-3-1-2-4-14(10)20-16(21)13-9-19-15-7-11(18)5-6-12(13)15/h1-7,9,19H,18H2,(H,20,21). The van der Waals surface area contributed by atoms with E-state index in [0.717, 1.165) is 10.9 Å². The lowest BCUT2D eigenvalue weighted by molar-refractivity contribution is 0.102. The number of amides is 1. The molecule has 5 nitrogen and oxygen atoms in total. The number of fused-ring (bicyclic) bond motifs is 1. The quantitative estimate of drug-likeness (QED) is 0.628. The summed E-state index contributed by atoms with van der Waals surface area (Å²) in [4.78, 5) is 15.4. The predicted octanol–water partition coefficient (Wildman–Crippen LogP) is 2.87. The summed E-state index contributed by atoms with van der Waals surface area (Å²) in [7, 11) is 0. The summed E-state index contributed by atoms with van der Waals surface area (Å²) in [5.74, 6) is -0.270. The van der Waals surface area contributed by atoms with Crippen molar-refractivity contribution in [2.24, 2.45) is 0 Å². The van der Waals surface area contributed by atoms with Crippen LogP contribution >= 0.6 is 0 Å². The van der Waals surface area contributed by atoms with Gasteiger partial charge in [0.05, 0.1) is 16.8 Å². The minimum atomic E-state index is -0.270. The van der Waals surface area contributed by atoms with Gasteiger partial charge in [0.15, 0.2) is 0 Å². The van der Waals surface area contributed by atoms with Gasteiger partial charge in [0.1, 0.15) is 6.07 Å². The van der Waals surface area contributed by atoms with E-state index in [1.165, 1.54) is 0 Å². The summed E-state index contributed by atoms with van der Waals surface area (Å²) >= 11 is 0. The van der Waals surface area contributed by atoms with Crippen LogP contribution < -0.4 is 11.1 Å². The SMILES string of the molecule is N#Cc1ccccc1NC(=O)c1c[nH]c2cc(N)ccc12. The molecule has 0 saturated heterocycles. The summed E-state index contributed by atoms with van der Waals surface area (Å²) in [5, 5.41) is 12.6. The number of benzene rings is 2. The number of nitrogens with two attached hydrogens (primary N) is 1. The van der Waals surface area contributed by atoms with Gasteiger partial charge in [-0.25, -0.2) is 0 Å². The Kier molecular flexibility index (Phi) is 3.05. The van der Waals surface area contributed by atoms with Crippen LogP contribution in [0.2, 0.25) is 0 Å². The number of anilines is 2. The van der Waals surface area contributed by atoms with Crippen molar-refractivity contribution in [1.82, 2.24) is 4.98 Å². The van der Waals surface area contributed by atoms with E-state index in [-0.39, 0.29) is 5.91 Å². The van der Waals surface area contributed by atoms with Gasteiger partial charge in [-0.3, -0.25) is 4.79 Å². The first-order valence-electron chi connectivity index (χ1n) is 6.36. The van der Waals surface area contributed by atoms with E-state index >= 15 is 0 Å². The van der Waals surface area contributed by atoms with Crippen molar-refractivity contribution in [3.05, 3.63) is 59.8 Å². The maximum atomic E-state index is 12.4. The van der Waals surface area contributed by atoms with Gasteiger partial charge in [0, 0.05) is 22.8 Å². The van der Waals surface area contributed by atoms with Crippen molar-refractivity contribution in [2.75, 3.05) is 11.1 Å². The largest absolute Gasteiger partial charge is 0.399 e. The van der Waals surface area contributed by atoms with Crippen LogP contribution in [0.4, 0.5) is 11.4 Å². The molecule has 0 spiro atoms. The first-order valence-corrected chi connectivity index (χ1v) is 6.36. The smallest absolute Gasteiger partial charge is 0.257 e. The topological polar surface area (TPSA) is 94.7 Å². The van der Waals surface area contributed by atoms with Crippen molar-refractivity contribution < 1.29 is 4.79 Å². The van der Waals surface area contributed by atoms with Crippen molar-refractivity contribution >= 4 is 28.2 Å².